The third-order valence-electron chi connectivity index (χ3n) is 6.58. The summed E-state index contributed by atoms with van der Waals surface area (Å²) in [6.07, 6.45) is 7.74. The van der Waals surface area contributed by atoms with Crippen molar-refractivity contribution >= 4 is 18.0 Å². The van der Waals surface area contributed by atoms with Gasteiger partial charge in [-0.3, -0.25) is 4.79 Å². The Kier molecular flexibility index (Phi) is 8.06. The lowest BCUT2D eigenvalue weighted by Crippen LogP contribution is -2.55. The van der Waals surface area contributed by atoms with Crippen molar-refractivity contribution in [3.63, 3.8) is 0 Å². The van der Waals surface area contributed by atoms with Gasteiger partial charge in [0.1, 0.15) is 5.60 Å². The van der Waals surface area contributed by atoms with Crippen LogP contribution >= 0.6 is 0 Å². The molecule has 3 rings (SSSR count). The molecule has 1 aliphatic carbocycles. The van der Waals surface area contributed by atoms with Crippen molar-refractivity contribution in [2.75, 3.05) is 39.3 Å². The predicted molar refractivity (Wildman–Crippen MR) is 119 cm³/mol. The summed E-state index contributed by atoms with van der Waals surface area (Å²) in [5.41, 5.74) is -0.487. The summed E-state index contributed by atoms with van der Waals surface area (Å²) in [6.45, 7) is 9.30. The molecule has 8 nitrogen and oxygen atoms in total. The van der Waals surface area contributed by atoms with Crippen molar-refractivity contribution in [3.05, 3.63) is 0 Å². The fourth-order valence-corrected chi connectivity index (χ4v) is 4.69. The third kappa shape index (κ3) is 7.28. The Morgan fingerprint density at radius 2 is 1.39 bits per heavy atom. The summed E-state index contributed by atoms with van der Waals surface area (Å²) in [5.74, 6) is 0.474. The number of piperidine rings is 1. The van der Waals surface area contributed by atoms with Crippen LogP contribution in [0, 0.1) is 5.92 Å². The molecule has 2 heterocycles. The number of hydrogen-bond acceptors (Lipinski definition) is 4. The van der Waals surface area contributed by atoms with Crippen molar-refractivity contribution < 1.29 is 19.1 Å². The summed E-state index contributed by atoms with van der Waals surface area (Å²) in [5, 5.41) is 3.17. The van der Waals surface area contributed by atoms with Crippen LogP contribution in [0.2, 0.25) is 0 Å². The predicted octanol–water partition coefficient (Wildman–Crippen LogP) is 3.21. The first-order valence-electron chi connectivity index (χ1n) is 12.0. The second-order valence-corrected chi connectivity index (χ2v) is 10.3. The van der Waals surface area contributed by atoms with E-state index in [0.29, 0.717) is 57.6 Å². The molecule has 31 heavy (non-hydrogen) atoms. The van der Waals surface area contributed by atoms with Crippen molar-refractivity contribution in [1.29, 1.82) is 0 Å². The van der Waals surface area contributed by atoms with Crippen LogP contribution in [0.1, 0.15) is 72.1 Å². The van der Waals surface area contributed by atoms with Gasteiger partial charge in [0.2, 0.25) is 5.91 Å². The highest BCUT2D eigenvalue weighted by atomic mass is 16.6. The summed E-state index contributed by atoms with van der Waals surface area (Å²) in [7, 11) is 0. The van der Waals surface area contributed by atoms with Crippen molar-refractivity contribution in [2.45, 2.75) is 83.8 Å². The first-order valence-corrected chi connectivity index (χ1v) is 12.0. The number of likely N-dealkylation sites (tertiary alicyclic amines) is 1. The largest absolute Gasteiger partial charge is 0.444 e. The average molecular weight is 437 g/mol. The van der Waals surface area contributed by atoms with Crippen LogP contribution in [0.4, 0.5) is 9.59 Å². The van der Waals surface area contributed by atoms with Crippen LogP contribution in [-0.4, -0.2) is 83.6 Å². The van der Waals surface area contributed by atoms with E-state index in [9.17, 15) is 14.4 Å². The minimum absolute atomic E-state index is 0.0218. The van der Waals surface area contributed by atoms with Gasteiger partial charge in [0.25, 0.3) is 0 Å². The standard InChI is InChI=1S/C23H40N4O4/c1-23(2,3)31-22(30)27-11-9-18(10-12-27)17-20(28)25-13-15-26(16-14-25)21(29)24-19-7-5-4-6-8-19/h18-19H,4-17H2,1-3H3,(H,24,29). The maximum atomic E-state index is 12.8. The Morgan fingerprint density at radius 3 is 1.97 bits per heavy atom. The Bertz CT molecular complexity index is 626. The second kappa shape index (κ2) is 10.6. The monoisotopic (exact) mass is 436 g/mol. The van der Waals surface area contributed by atoms with Crippen molar-refractivity contribution in [2.24, 2.45) is 5.92 Å². The number of amides is 4. The van der Waals surface area contributed by atoms with E-state index in [4.69, 9.17) is 4.74 Å². The summed E-state index contributed by atoms with van der Waals surface area (Å²) in [6, 6.07) is 0.334. The zero-order valence-electron chi connectivity index (χ0n) is 19.5. The highest BCUT2D eigenvalue weighted by Crippen LogP contribution is 2.23. The van der Waals surface area contributed by atoms with Crippen LogP contribution in [0.3, 0.4) is 0 Å². The molecule has 0 bridgehead atoms. The number of urea groups is 1. The summed E-state index contributed by atoms with van der Waals surface area (Å²) >= 11 is 0. The van der Waals surface area contributed by atoms with Crippen LogP contribution in [0.5, 0.6) is 0 Å². The van der Waals surface area contributed by atoms with Gasteiger partial charge in [-0.05, 0) is 52.4 Å². The highest BCUT2D eigenvalue weighted by Gasteiger charge is 2.30. The van der Waals surface area contributed by atoms with E-state index >= 15 is 0 Å². The van der Waals surface area contributed by atoms with Gasteiger partial charge >= 0.3 is 12.1 Å². The number of ether oxygens (including phenoxy) is 1. The van der Waals surface area contributed by atoms with Crippen molar-refractivity contribution in [3.8, 4) is 0 Å². The van der Waals surface area contributed by atoms with E-state index in [1.807, 2.05) is 30.6 Å². The maximum absolute atomic E-state index is 12.8. The zero-order valence-corrected chi connectivity index (χ0v) is 19.5. The third-order valence-corrected chi connectivity index (χ3v) is 6.58. The minimum Gasteiger partial charge on any atom is -0.444 e. The van der Waals surface area contributed by atoms with E-state index in [1.54, 1.807) is 4.90 Å². The van der Waals surface area contributed by atoms with Crippen molar-refractivity contribution in [1.82, 2.24) is 20.0 Å². The number of carbonyl (C=O) groups is 3. The average Bonchev–Trinajstić information content (AvgIpc) is 2.74. The topological polar surface area (TPSA) is 82.2 Å². The van der Waals surface area contributed by atoms with E-state index in [-0.39, 0.29) is 18.0 Å². The first kappa shape index (κ1) is 23.7. The molecule has 0 spiro atoms. The van der Waals surface area contributed by atoms with Gasteiger partial charge in [0.05, 0.1) is 0 Å². The summed E-state index contributed by atoms with van der Waals surface area (Å²) in [4.78, 5) is 42.9. The number of nitrogens with zero attached hydrogens (tertiary/aromatic N) is 3. The highest BCUT2D eigenvalue weighted by molar-refractivity contribution is 5.78. The number of carbonyl (C=O) groups excluding carboxylic acids is 3. The quantitative estimate of drug-likeness (QED) is 0.736. The van der Waals surface area contributed by atoms with Crippen LogP contribution in [0.15, 0.2) is 0 Å². The molecule has 4 amide bonds. The first-order chi connectivity index (χ1) is 14.7. The molecular weight excluding hydrogens is 396 g/mol. The van der Waals surface area contributed by atoms with E-state index in [1.165, 1.54) is 19.3 Å². The molecule has 0 aromatic heterocycles. The minimum atomic E-state index is -0.487. The molecule has 2 aliphatic heterocycles. The molecule has 3 fully saturated rings. The molecule has 1 N–H and O–H groups in total. The maximum Gasteiger partial charge on any atom is 0.410 e. The van der Waals surface area contributed by atoms with Crippen LogP contribution in [0.25, 0.3) is 0 Å². The molecule has 0 aromatic carbocycles. The fraction of sp³-hybridized carbons (Fsp3) is 0.870. The smallest absolute Gasteiger partial charge is 0.410 e. The molecule has 0 aromatic rings. The number of hydrogen-bond donors (Lipinski definition) is 1. The lowest BCUT2D eigenvalue weighted by atomic mass is 9.93. The Labute approximate surface area is 186 Å². The normalized spacial score (nSPS) is 21.7. The lowest BCUT2D eigenvalue weighted by molar-refractivity contribution is -0.133. The van der Waals surface area contributed by atoms with E-state index in [2.05, 4.69) is 5.32 Å². The van der Waals surface area contributed by atoms with Gasteiger partial charge in [0.15, 0.2) is 0 Å². The fourth-order valence-electron chi connectivity index (χ4n) is 4.69. The molecule has 176 valence electrons. The van der Waals surface area contributed by atoms with Gasteiger partial charge in [-0.15, -0.1) is 0 Å². The SMILES string of the molecule is CC(C)(C)OC(=O)N1CCC(CC(=O)N2CCN(C(=O)NC3CCCCC3)CC2)CC1. The van der Waals surface area contributed by atoms with Gasteiger partial charge in [-0.2, -0.15) is 0 Å². The van der Waals surface area contributed by atoms with Gasteiger partial charge in [0, 0.05) is 51.7 Å². The lowest BCUT2D eigenvalue weighted by Gasteiger charge is -2.37. The van der Waals surface area contributed by atoms with E-state index in [0.717, 1.165) is 25.7 Å². The van der Waals surface area contributed by atoms with Gasteiger partial charge < -0.3 is 24.8 Å². The molecule has 2 saturated heterocycles. The van der Waals surface area contributed by atoms with Gasteiger partial charge in [-0.25, -0.2) is 9.59 Å². The molecule has 8 heteroatoms. The molecule has 0 atom stereocenters. The van der Waals surface area contributed by atoms with E-state index < -0.39 is 5.60 Å². The summed E-state index contributed by atoms with van der Waals surface area (Å²) < 4.78 is 5.44. The van der Waals surface area contributed by atoms with Crippen LogP contribution in [-0.2, 0) is 9.53 Å². The van der Waals surface area contributed by atoms with Crippen LogP contribution < -0.4 is 5.32 Å². The molecule has 1 saturated carbocycles. The molecular formula is C23H40N4O4. The number of piperazine rings is 1. The Balaban J connectivity index is 1.35. The second-order valence-electron chi connectivity index (χ2n) is 10.3. The number of rotatable bonds is 3. The molecule has 3 aliphatic rings. The Hall–Kier alpha value is -1.99. The Morgan fingerprint density at radius 1 is 0.806 bits per heavy atom. The molecule has 0 unspecified atom stereocenters. The molecule has 0 radical (unpaired) electrons. The zero-order chi connectivity index (χ0) is 22.4. The number of nitrogens with one attached hydrogen (secondary N) is 1. The van der Waals surface area contributed by atoms with Gasteiger partial charge in [-0.1, -0.05) is 19.3 Å².